The number of nitrogens with one attached hydrogen (secondary N) is 1. The summed E-state index contributed by atoms with van der Waals surface area (Å²) >= 11 is 3.58. The summed E-state index contributed by atoms with van der Waals surface area (Å²) < 4.78 is 16.0. The molecule has 0 spiro atoms. The summed E-state index contributed by atoms with van der Waals surface area (Å²) in [6.45, 7) is 4.01. The number of halogens is 2. The van der Waals surface area contributed by atoms with Crippen LogP contribution in [0.15, 0.2) is 64.2 Å². The van der Waals surface area contributed by atoms with Crippen LogP contribution in [0, 0.1) is 19.7 Å². The monoisotopic (exact) mass is 413 g/mol. The van der Waals surface area contributed by atoms with E-state index in [9.17, 15) is 9.18 Å². The van der Waals surface area contributed by atoms with E-state index in [1.807, 2.05) is 44.2 Å². The zero-order valence-electron chi connectivity index (χ0n) is 14.3. The molecule has 0 atom stereocenters. The average molecular weight is 414 g/mol. The Kier molecular flexibility index (Phi) is 5.32. The van der Waals surface area contributed by atoms with E-state index in [0.29, 0.717) is 5.56 Å². The van der Waals surface area contributed by atoms with Gasteiger partial charge in [-0.3, -0.25) is 4.79 Å². The Morgan fingerprint density at radius 3 is 2.54 bits per heavy atom. The maximum absolute atomic E-state index is 12.9. The smallest absolute Gasteiger partial charge is 0.271 e. The Hall–Kier alpha value is -2.73. The molecule has 0 unspecified atom stereocenters. The first-order chi connectivity index (χ1) is 12.5. The Morgan fingerprint density at radius 1 is 1.15 bits per heavy atom. The second-order valence-corrected chi connectivity index (χ2v) is 6.67. The second-order valence-electron chi connectivity index (χ2n) is 5.82. The summed E-state index contributed by atoms with van der Waals surface area (Å²) in [5.41, 5.74) is 6.82. The van der Waals surface area contributed by atoms with Gasteiger partial charge in [0.1, 0.15) is 5.82 Å². The molecule has 0 radical (unpaired) electrons. The van der Waals surface area contributed by atoms with Crippen LogP contribution in [-0.2, 0) is 0 Å². The van der Waals surface area contributed by atoms with Crippen molar-refractivity contribution in [3.05, 3.63) is 87.4 Å². The molecule has 6 heteroatoms. The zero-order valence-corrected chi connectivity index (χ0v) is 15.9. The number of aryl methyl sites for hydroxylation is 1. The molecule has 26 heavy (non-hydrogen) atoms. The van der Waals surface area contributed by atoms with Crippen LogP contribution in [0.1, 0.15) is 27.3 Å². The SMILES string of the molecule is Cc1cc(/C=N\NC(=O)c2ccc(F)cc2)c(C)n1-c1ccccc1Br. The van der Waals surface area contributed by atoms with Crippen LogP contribution >= 0.6 is 15.9 Å². The van der Waals surface area contributed by atoms with Crippen molar-refractivity contribution < 1.29 is 9.18 Å². The summed E-state index contributed by atoms with van der Waals surface area (Å²) in [7, 11) is 0. The van der Waals surface area contributed by atoms with Crippen LogP contribution in [-0.4, -0.2) is 16.7 Å². The van der Waals surface area contributed by atoms with Gasteiger partial charge in [-0.05, 0) is 72.2 Å². The number of aromatic nitrogens is 1. The van der Waals surface area contributed by atoms with E-state index in [-0.39, 0.29) is 11.7 Å². The van der Waals surface area contributed by atoms with Gasteiger partial charge in [-0.25, -0.2) is 9.82 Å². The molecular weight excluding hydrogens is 397 g/mol. The Labute approximate surface area is 159 Å². The van der Waals surface area contributed by atoms with Crippen molar-refractivity contribution in [2.45, 2.75) is 13.8 Å². The molecule has 4 nitrogen and oxygen atoms in total. The molecule has 1 aromatic heterocycles. The van der Waals surface area contributed by atoms with E-state index in [1.165, 1.54) is 24.3 Å². The number of carbonyl (C=O) groups is 1. The van der Waals surface area contributed by atoms with E-state index in [1.54, 1.807) is 6.21 Å². The van der Waals surface area contributed by atoms with E-state index in [0.717, 1.165) is 27.1 Å². The fourth-order valence-electron chi connectivity index (χ4n) is 2.75. The average Bonchev–Trinajstić information content (AvgIpc) is 2.90. The van der Waals surface area contributed by atoms with E-state index < -0.39 is 0 Å². The number of hydrazone groups is 1. The fraction of sp³-hybridized carbons (Fsp3) is 0.100. The van der Waals surface area contributed by atoms with Crippen LogP contribution in [0.3, 0.4) is 0 Å². The van der Waals surface area contributed by atoms with Crippen LogP contribution < -0.4 is 5.43 Å². The van der Waals surface area contributed by atoms with Gasteiger partial charge in [-0.1, -0.05) is 12.1 Å². The molecule has 0 fully saturated rings. The molecule has 2 aromatic carbocycles. The standard InChI is InChI=1S/C20H17BrFN3O/c1-13-11-16(14(2)25(13)19-6-4-3-5-18(19)21)12-23-24-20(26)15-7-9-17(22)10-8-15/h3-12H,1-2H3,(H,24,26)/b23-12-. The van der Waals surface area contributed by atoms with E-state index >= 15 is 0 Å². The number of carbonyl (C=O) groups excluding carboxylic acids is 1. The summed E-state index contributed by atoms with van der Waals surface area (Å²) in [4.78, 5) is 12.0. The van der Waals surface area contributed by atoms with Crippen molar-refractivity contribution in [1.29, 1.82) is 0 Å². The number of amides is 1. The van der Waals surface area contributed by atoms with E-state index in [2.05, 4.69) is 31.0 Å². The number of rotatable bonds is 4. The predicted octanol–water partition coefficient (Wildman–Crippen LogP) is 4.76. The first-order valence-electron chi connectivity index (χ1n) is 8.00. The lowest BCUT2D eigenvalue weighted by Gasteiger charge is -2.11. The molecule has 3 rings (SSSR count). The summed E-state index contributed by atoms with van der Waals surface area (Å²) in [5.74, 6) is -0.773. The van der Waals surface area contributed by atoms with Gasteiger partial charge in [0.25, 0.3) is 5.91 Å². The number of para-hydroxylation sites is 1. The van der Waals surface area contributed by atoms with Gasteiger partial charge in [-0.15, -0.1) is 0 Å². The maximum Gasteiger partial charge on any atom is 0.271 e. The third kappa shape index (κ3) is 3.75. The first kappa shape index (κ1) is 18.1. The summed E-state index contributed by atoms with van der Waals surface area (Å²) in [6, 6.07) is 15.3. The highest BCUT2D eigenvalue weighted by Gasteiger charge is 2.11. The molecule has 1 N–H and O–H groups in total. The minimum Gasteiger partial charge on any atom is -0.317 e. The molecule has 0 saturated heterocycles. The van der Waals surface area contributed by atoms with Gasteiger partial charge in [0.05, 0.1) is 11.9 Å². The predicted molar refractivity (Wildman–Crippen MR) is 104 cm³/mol. The van der Waals surface area contributed by atoms with E-state index in [4.69, 9.17) is 0 Å². The van der Waals surface area contributed by atoms with Crippen LogP contribution in [0.4, 0.5) is 4.39 Å². The Balaban J connectivity index is 1.80. The number of hydrogen-bond acceptors (Lipinski definition) is 2. The highest BCUT2D eigenvalue weighted by Crippen LogP contribution is 2.26. The highest BCUT2D eigenvalue weighted by molar-refractivity contribution is 9.10. The second kappa shape index (κ2) is 7.66. The van der Waals surface area contributed by atoms with Crippen LogP contribution in [0.5, 0.6) is 0 Å². The molecular formula is C20H17BrFN3O. The van der Waals surface area contributed by atoms with Crippen molar-refractivity contribution in [3.8, 4) is 5.69 Å². The quantitative estimate of drug-likeness (QED) is 0.486. The molecule has 3 aromatic rings. The Morgan fingerprint density at radius 2 is 1.85 bits per heavy atom. The number of hydrogen-bond donors (Lipinski definition) is 1. The molecule has 0 saturated carbocycles. The zero-order chi connectivity index (χ0) is 18.7. The molecule has 0 aliphatic rings. The van der Waals surface area contributed by atoms with Crippen molar-refractivity contribution in [2.24, 2.45) is 5.10 Å². The molecule has 0 aliphatic carbocycles. The minimum absolute atomic E-state index is 0.349. The maximum atomic E-state index is 12.9. The number of nitrogens with zero attached hydrogens (tertiary/aromatic N) is 2. The van der Waals surface area contributed by atoms with Crippen molar-refractivity contribution in [2.75, 3.05) is 0 Å². The lowest BCUT2D eigenvalue weighted by molar-refractivity contribution is 0.0955. The number of benzene rings is 2. The molecule has 1 heterocycles. The minimum atomic E-state index is -0.388. The van der Waals surface area contributed by atoms with Crippen LogP contribution in [0.2, 0.25) is 0 Å². The van der Waals surface area contributed by atoms with Gasteiger partial charge in [-0.2, -0.15) is 5.10 Å². The van der Waals surface area contributed by atoms with Crippen LogP contribution in [0.25, 0.3) is 5.69 Å². The van der Waals surface area contributed by atoms with Gasteiger partial charge in [0.15, 0.2) is 0 Å². The largest absolute Gasteiger partial charge is 0.317 e. The van der Waals surface area contributed by atoms with Gasteiger partial charge in [0.2, 0.25) is 0 Å². The molecule has 0 aliphatic heterocycles. The van der Waals surface area contributed by atoms with Gasteiger partial charge >= 0.3 is 0 Å². The fourth-order valence-corrected chi connectivity index (χ4v) is 3.21. The third-order valence-electron chi connectivity index (χ3n) is 4.04. The van der Waals surface area contributed by atoms with Gasteiger partial charge < -0.3 is 4.57 Å². The topological polar surface area (TPSA) is 46.4 Å². The lowest BCUT2D eigenvalue weighted by atomic mass is 10.2. The highest BCUT2D eigenvalue weighted by atomic mass is 79.9. The Bertz CT molecular complexity index is 977. The van der Waals surface area contributed by atoms with Gasteiger partial charge in [0, 0.05) is 27.0 Å². The van der Waals surface area contributed by atoms with Crippen molar-refractivity contribution >= 4 is 28.1 Å². The lowest BCUT2D eigenvalue weighted by Crippen LogP contribution is -2.17. The van der Waals surface area contributed by atoms with Crippen molar-refractivity contribution in [3.63, 3.8) is 0 Å². The third-order valence-corrected chi connectivity index (χ3v) is 4.71. The summed E-state index contributed by atoms with van der Waals surface area (Å²) in [5, 5.41) is 4.03. The van der Waals surface area contributed by atoms with Crippen molar-refractivity contribution in [1.82, 2.24) is 9.99 Å². The first-order valence-corrected chi connectivity index (χ1v) is 8.79. The molecule has 1 amide bonds. The summed E-state index contributed by atoms with van der Waals surface area (Å²) in [6.07, 6.45) is 1.61. The molecule has 0 bridgehead atoms. The normalized spacial score (nSPS) is 11.1. The molecule has 132 valence electrons.